The van der Waals surface area contributed by atoms with E-state index in [9.17, 15) is 9.90 Å². The van der Waals surface area contributed by atoms with E-state index in [1.54, 1.807) is 0 Å². The molecular weight excluding hydrogens is 643 g/mol. The molecule has 0 aliphatic carbocycles. The minimum atomic E-state index is 0.0712. The topological polar surface area (TPSA) is 59.0 Å². The maximum Gasteiger partial charge on any atom is 0.308 e. The van der Waals surface area contributed by atoms with E-state index >= 15 is 0 Å². The zero-order chi connectivity index (χ0) is 38.2. The van der Waals surface area contributed by atoms with Gasteiger partial charge in [-0.25, -0.2) is 0 Å². The first-order valence-corrected chi connectivity index (χ1v) is 23.3. The Kier molecular flexibility index (Phi) is 40.3. The summed E-state index contributed by atoms with van der Waals surface area (Å²) in [6, 6.07) is 0. The third-order valence-corrected chi connectivity index (χ3v) is 11.1. The summed E-state index contributed by atoms with van der Waals surface area (Å²) in [5.74, 6) is 1.87. The van der Waals surface area contributed by atoms with Gasteiger partial charge < -0.3 is 19.5 Å². The molecule has 0 spiro atoms. The number of esters is 1. The average Bonchev–Trinajstić information content (AvgIpc) is 3.15. The number of rotatable bonds is 42. The van der Waals surface area contributed by atoms with Crippen molar-refractivity contribution >= 4 is 5.97 Å². The van der Waals surface area contributed by atoms with Gasteiger partial charge in [0.05, 0.1) is 31.5 Å². The highest BCUT2D eigenvalue weighted by Gasteiger charge is 2.19. The third-order valence-electron chi connectivity index (χ3n) is 11.1. The van der Waals surface area contributed by atoms with E-state index < -0.39 is 0 Å². The van der Waals surface area contributed by atoms with Gasteiger partial charge in [0.1, 0.15) is 0 Å². The molecule has 0 fully saturated rings. The van der Waals surface area contributed by atoms with Crippen LogP contribution < -0.4 is 0 Å². The number of nitrogens with zero attached hydrogens (tertiary/aromatic N) is 1. The highest BCUT2D eigenvalue weighted by atomic mass is 16.5. The standard InChI is InChI=1S/C47H93NO4/c1-6-10-13-16-19-26-33-42-51-46(9-4)44(5)35-28-23-25-32-39-48(40-41-49)38-31-24-20-27-34-43-52-47(50)45(36-29-21-17-14-11-7-2)37-30-22-18-15-12-8-3/h9,44-45,49H,6-8,10-43H2,1-5H3/b46-9+. The van der Waals surface area contributed by atoms with Crippen LogP contribution in [0.2, 0.25) is 0 Å². The summed E-state index contributed by atoms with van der Waals surface area (Å²) in [5, 5.41) is 9.62. The number of ether oxygens (including phenoxy) is 2. The fourth-order valence-electron chi connectivity index (χ4n) is 7.50. The lowest BCUT2D eigenvalue weighted by Gasteiger charge is -2.21. The Morgan fingerprint density at radius 3 is 1.35 bits per heavy atom. The van der Waals surface area contributed by atoms with E-state index in [1.807, 2.05) is 0 Å². The van der Waals surface area contributed by atoms with E-state index in [4.69, 9.17) is 9.47 Å². The maximum absolute atomic E-state index is 13.0. The molecule has 0 saturated carbocycles. The number of hydrogen-bond acceptors (Lipinski definition) is 5. The summed E-state index contributed by atoms with van der Waals surface area (Å²) in [4.78, 5) is 15.4. The molecule has 310 valence electrons. The highest BCUT2D eigenvalue weighted by molar-refractivity contribution is 5.72. The normalized spacial score (nSPS) is 12.7. The summed E-state index contributed by atoms with van der Waals surface area (Å²) in [6.07, 6.45) is 40.7. The van der Waals surface area contributed by atoms with Gasteiger partial charge >= 0.3 is 5.97 Å². The number of allylic oxidation sites excluding steroid dienone is 2. The number of carbonyl (C=O) groups excluding carboxylic acids is 1. The zero-order valence-electron chi connectivity index (χ0n) is 36.0. The first-order valence-electron chi connectivity index (χ1n) is 23.3. The Bertz CT molecular complexity index is 740. The Morgan fingerprint density at radius 1 is 0.519 bits per heavy atom. The molecule has 1 N–H and O–H groups in total. The molecule has 1 unspecified atom stereocenters. The second-order valence-electron chi connectivity index (χ2n) is 16.1. The third kappa shape index (κ3) is 33.5. The average molecular weight is 736 g/mol. The Morgan fingerprint density at radius 2 is 0.904 bits per heavy atom. The summed E-state index contributed by atoms with van der Waals surface area (Å²) < 4.78 is 12.0. The van der Waals surface area contributed by atoms with Gasteiger partial charge in [0, 0.05) is 12.5 Å². The van der Waals surface area contributed by atoms with E-state index in [0.29, 0.717) is 12.5 Å². The fourth-order valence-corrected chi connectivity index (χ4v) is 7.50. The quantitative estimate of drug-likeness (QED) is 0.0384. The predicted molar refractivity (Wildman–Crippen MR) is 227 cm³/mol. The molecule has 0 amide bonds. The predicted octanol–water partition coefficient (Wildman–Crippen LogP) is 14.1. The van der Waals surface area contributed by atoms with Crippen LogP contribution in [0.25, 0.3) is 0 Å². The second-order valence-corrected chi connectivity index (χ2v) is 16.1. The molecule has 0 rings (SSSR count). The van der Waals surface area contributed by atoms with Gasteiger partial charge in [-0.05, 0) is 71.0 Å². The van der Waals surface area contributed by atoms with Crippen molar-refractivity contribution in [1.29, 1.82) is 0 Å². The molecule has 1 atom stereocenters. The van der Waals surface area contributed by atoms with Crippen LogP contribution in [0.1, 0.15) is 234 Å². The number of carbonyl (C=O) groups is 1. The maximum atomic E-state index is 13.0. The van der Waals surface area contributed by atoms with Crippen molar-refractivity contribution in [3.63, 3.8) is 0 Å². The lowest BCUT2D eigenvalue weighted by molar-refractivity contribution is -0.149. The molecule has 0 aromatic rings. The second kappa shape index (κ2) is 41.1. The van der Waals surface area contributed by atoms with Crippen molar-refractivity contribution in [2.75, 3.05) is 39.5 Å². The summed E-state index contributed by atoms with van der Waals surface area (Å²) in [7, 11) is 0. The smallest absolute Gasteiger partial charge is 0.308 e. The summed E-state index contributed by atoms with van der Waals surface area (Å²) in [6.45, 7) is 15.9. The van der Waals surface area contributed by atoms with Crippen LogP contribution in [0.4, 0.5) is 0 Å². The lowest BCUT2D eigenvalue weighted by atomic mass is 9.94. The molecule has 5 nitrogen and oxygen atoms in total. The number of hydrogen-bond donors (Lipinski definition) is 1. The van der Waals surface area contributed by atoms with Gasteiger partial charge in [0.2, 0.25) is 0 Å². The van der Waals surface area contributed by atoms with E-state index in [0.717, 1.165) is 51.9 Å². The van der Waals surface area contributed by atoms with Crippen LogP contribution in [0.15, 0.2) is 11.8 Å². The van der Waals surface area contributed by atoms with Gasteiger partial charge in [-0.15, -0.1) is 0 Å². The zero-order valence-corrected chi connectivity index (χ0v) is 36.0. The lowest BCUT2D eigenvalue weighted by Crippen LogP contribution is -2.29. The van der Waals surface area contributed by atoms with Crippen LogP contribution in [0.3, 0.4) is 0 Å². The van der Waals surface area contributed by atoms with Gasteiger partial charge in [-0.3, -0.25) is 4.79 Å². The van der Waals surface area contributed by atoms with Crippen molar-refractivity contribution < 1.29 is 19.4 Å². The molecular formula is C47H93NO4. The minimum absolute atomic E-state index is 0.0712. The molecule has 0 heterocycles. The largest absolute Gasteiger partial charge is 0.498 e. The van der Waals surface area contributed by atoms with E-state index in [2.05, 4.69) is 45.6 Å². The molecule has 0 radical (unpaired) electrons. The van der Waals surface area contributed by atoms with Crippen molar-refractivity contribution in [3.05, 3.63) is 11.8 Å². The number of aliphatic hydroxyl groups excluding tert-OH is 1. The molecule has 52 heavy (non-hydrogen) atoms. The van der Waals surface area contributed by atoms with Crippen LogP contribution in [-0.4, -0.2) is 55.4 Å². The van der Waals surface area contributed by atoms with Gasteiger partial charge in [-0.2, -0.15) is 0 Å². The minimum Gasteiger partial charge on any atom is -0.498 e. The van der Waals surface area contributed by atoms with Gasteiger partial charge in [0.15, 0.2) is 0 Å². The highest BCUT2D eigenvalue weighted by Crippen LogP contribution is 2.22. The number of aliphatic hydroxyl groups is 1. The van der Waals surface area contributed by atoms with Crippen LogP contribution in [0, 0.1) is 11.8 Å². The van der Waals surface area contributed by atoms with Crippen molar-refractivity contribution in [2.45, 2.75) is 234 Å². The Hall–Kier alpha value is -1.07. The molecule has 0 aromatic heterocycles. The van der Waals surface area contributed by atoms with Crippen LogP contribution in [-0.2, 0) is 14.3 Å². The SMILES string of the molecule is C/C=C(/OCCCCCCCCC)C(C)CCCCCCN(CCO)CCCCCCCOC(=O)C(CCCCCCCC)CCCCCCCC. The van der Waals surface area contributed by atoms with E-state index in [-0.39, 0.29) is 18.5 Å². The first kappa shape index (κ1) is 50.9. The van der Waals surface area contributed by atoms with Crippen molar-refractivity contribution in [2.24, 2.45) is 11.8 Å². The Balaban J connectivity index is 4.08. The van der Waals surface area contributed by atoms with Gasteiger partial charge in [-0.1, -0.05) is 182 Å². The fraction of sp³-hybridized carbons (Fsp3) is 0.936. The van der Waals surface area contributed by atoms with Crippen molar-refractivity contribution in [1.82, 2.24) is 4.90 Å². The van der Waals surface area contributed by atoms with Gasteiger partial charge in [0.25, 0.3) is 0 Å². The molecule has 0 aromatic carbocycles. The Labute approximate surface area is 326 Å². The molecule has 5 heteroatoms. The van der Waals surface area contributed by atoms with Crippen LogP contribution >= 0.6 is 0 Å². The van der Waals surface area contributed by atoms with E-state index in [1.165, 1.54) is 179 Å². The van der Waals surface area contributed by atoms with Crippen molar-refractivity contribution in [3.8, 4) is 0 Å². The molecule has 0 aliphatic heterocycles. The summed E-state index contributed by atoms with van der Waals surface area (Å²) in [5.41, 5.74) is 0. The molecule has 0 aliphatic rings. The monoisotopic (exact) mass is 736 g/mol. The molecule has 0 saturated heterocycles. The summed E-state index contributed by atoms with van der Waals surface area (Å²) >= 11 is 0. The number of unbranched alkanes of at least 4 members (excludes halogenated alkanes) is 23. The molecule has 0 bridgehead atoms. The first-order chi connectivity index (χ1) is 25.5. The van der Waals surface area contributed by atoms with Crippen LogP contribution in [0.5, 0.6) is 0 Å².